The average molecular weight is 285 g/mol. The lowest BCUT2D eigenvalue weighted by Gasteiger charge is -2.09. The van der Waals surface area contributed by atoms with Gasteiger partial charge in [0.2, 0.25) is 5.89 Å². The van der Waals surface area contributed by atoms with Crippen LogP contribution in [0.15, 0.2) is 40.1 Å². The lowest BCUT2D eigenvalue weighted by Crippen LogP contribution is -2.26. The van der Waals surface area contributed by atoms with Gasteiger partial charge in [-0.1, -0.05) is 0 Å². The van der Waals surface area contributed by atoms with Gasteiger partial charge in [-0.2, -0.15) is 0 Å². The summed E-state index contributed by atoms with van der Waals surface area (Å²) in [7, 11) is 3.91. The molecule has 108 valence electrons. The van der Waals surface area contributed by atoms with Crippen molar-refractivity contribution in [3.8, 4) is 11.5 Å². The van der Waals surface area contributed by atoms with E-state index in [2.05, 4.69) is 15.0 Å². The molecule has 0 N–H and O–H groups in total. The summed E-state index contributed by atoms with van der Waals surface area (Å²) in [4.78, 5) is 26.7. The Kier molecular flexibility index (Phi) is 3.49. The zero-order valence-corrected chi connectivity index (χ0v) is 11.9. The van der Waals surface area contributed by atoms with Crippen molar-refractivity contribution in [1.82, 2.24) is 24.4 Å². The van der Waals surface area contributed by atoms with Gasteiger partial charge in [0.1, 0.15) is 6.33 Å². The van der Waals surface area contributed by atoms with E-state index in [1.54, 1.807) is 29.1 Å². The number of fused-ring (bicyclic) bond motifs is 1. The Bertz CT molecular complexity index is 807. The molecule has 3 heterocycles. The van der Waals surface area contributed by atoms with E-state index in [9.17, 15) is 4.79 Å². The van der Waals surface area contributed by atoms with Crippen LogP contribution in [-0.2, 0) is 6.54 Å². The van der Waals surface area contributed by atoms with Crippen LogP contribution >= 0.6 is 0 Å². The standard InChI is InChI=1S/C14H15N5O2/c1-18(2)7-8-19-9-16-13-11(14(19)20)17-12(21-13)10-3-5-15-6-4-10/h3-6,9H,7-8H2,1-2H3. The highest BCUT2D eigenvalue weighted by atomic mass is 16.4. The molecule has 0 aliphatic heterocycles. The number of hydrogen-bond donors (Lipinski definition) is 0. The van der Waals surface area contributed by atoms with Gasteiger partial charge in [0.15, 0.2) is 5.52 Å². The number of likely N-dealkylation sites (N-methyl/N-ethyl adjacent to an activating group) is 1. The van der Waals surface area contributed by atoms with Crippen molar-refractivity contribution in [2.75, 3.05) is 20.6 Å². The van der Waals surface area contributed by atoms with Crippen LogP contribution in [0, 0.1) is 0 Å². The average Bonchev–Trinajstić information content (AvgIpc) is 2.92. The predicted octanol–water partition coefficient (Wildman–Crippen LogP) is 1.01. The van der Waals surface area contributed by atoms with Gasteiger partial charge in [-0.15, -0.1) is 0 Å². The Balaban J connectivity index is 2.02. The van der Waals surface area contributed by atoms with Crippen LogP contribution in [0.3, 0.4) is 0 Å². The van der Waals surface area contributed by atoms with Crippen LogP contribution in [-0.4, -0.2) is 45.1 Å². The van der Waals surface area contributed by atoms with E-state index in [1.807, 2.05) is 19.0 Å². The zero-order valence-electron chi connectivity index (χ0n) is 11.9. The highest BCUT2D eigenvalue weighted by Gasteiger charge is 2.13. The molecule has 21 heavy (non-hydrogen) atoms. The van der Waals surface area contributed by atoms with Crippen LogP contribution in [0.5, 0.6) is 0 Å². The minimum atomic E-state index is -0.189. The van der Waals surface area contributed by atoms with Gasteiger partial charge < -0.3 is 9.32 Å². The number of pyridine rings is 1. The summed E-state index contributed by atoms with van der Waals surface area (Å²) in [5, 5.41) is 0. The summed E-state index contributed by atoms with van der Waals surface area (Å²) in [5.74, 6) is 0.377. The van der Waals surface area contributed by atoms with Crippen molar-refractivity contribution in [2.24, 2.45) is 0 Å². The molecule has 3 aromatic rings. The maximum Gasteiger partial charge on any atom is 0.283 e. The smallest absolute Gasteiger partial charge is 0.283 e. The van der Waals surface area contributed by atoms with E-state index < -0.39 is 0 Å². The molecule has 0 amide bonds. The number of oxazole rings is 1. The molecule has 0 aromatic carbocycles. The maximum absolute atomic E-state index is 12.4. The molecule has 0 fully saturated rings. The molecule has 7 nitrogen and oxygen atoms in total. The largest absolute Gasteiger partial charge is 0.417 e. The van der Waals surface area contributed by atoms with E-state index in [1.165, 1.54) is 6.33 Å². The third kappa shape index (κ3) is 2.68. The van der Waals surface area contributed by atoms with E-state index in [0.717, 1.165) is 12.1 Å². The van der Waals surface area contributed by atoms with Crippen molar-refractivity contribution < 1.29 is 4.42 Å². The highest BCUT2D eigenvalue weighted by Crippen LogP contribution is 2.20. The number of aromatic nitrogens is 4. The van der Waals surface area contributed by atoms with Gasteiger partial charge in [-0.05, 0) is 26.2 Å². The van der Waals surface area contributed by atoms with E-state index in [4.69, 9.17) is 4.42 Å². The Hall–Kier alpha value is -2.54. The van der Waals surface area contributed by atoms with Gasteiger partial charge in [-0.3, -0.25) is 14.3 Å². The van der Waals surface area contributed by atoms with Gasteiger partial charge in [0, 0.05) is 31.0 Å². The molecule has 0 spiro atoms. The van der Waals surface area contributed by atoms with Crippen LogP contribution in [0.2, 0.25) is 0 Å². The van der Waals surface area contributed by atoms with Gasteiger partial charge >= 0.3 is 0 Å². The second kappa shape index (κ2) is 5.45. The summed E-state index contributed by atoms with van der Waals surface area (Å²) >= 11 is 0. The fourth-order valence-electron chi connectivity index (χ4n) is 1.93. The molecule has 0 unspecified atom stereocenters. The molecule has 0 atom stereocenters. The van der Waals surface area contributed by atoms with E-state index in [-0.39, 0.29) is 16.8 Å². The van der Waals surface area contributed by atoms with Crippen molar-refractivity contribution in [2.45, 2.75) is 6.54 Å². The minimum absolute atomic E-state index is 0.189. The molecular weight excluding hydrogens is 270 g/mol. The Morgan fingerprint density at radius 1 is 1.29 bits per heavy atom. The predicted molar refractivity (Wildman–Crippen MR) is 77.8 cm³/mol. The molecule has 3 rings (SSSR count). The summed E-state index contributed by atoms with van der Waals surface area (Å²) in [5.41, 5.74) is 1.09. The van der Waals surface area contributed by atoms with Crippen LogP contribution in [0.25, 0.3) is 22.7 Å². The topological polar surface area (TPSA) is 77.1 Å². The number of rotatable bonds is 4. The Labute approximate surface area is 120 Å². The quantitative estimate of drug-likeness (QED) is 0.712. The first-order valence-electron chi connectivity index (χ1n) is 6.56. The first kappa shape index (κ1) is 13.4. The maximum atomic E-state index is 12.4. The van der Waals surface area contributed by atoms with Gasteiger partial charge in [0.05, 0.1) is 0 Å². The molecule has 0 saturated heterocycles. The van der Waals surface area contributed by atoms with E-state index in [0.29, 0.717) is 12.4 Å². The minimum Gasteiger partial charge on any atom is -0.417 e. The zero-order chi connectivity index (χ0) is 14.8. The Morgan fingerprint density at radius 3 is 2.76 bits per heavy atom. The first-order valence-corrected chi connectivity index (χ1v) is 6.56. The monoisotopic (exact) mass is 285 g/mol. The number of hydrogen-bond acceptors (Lipinski definition) is 6. The van der Waals surface area contributed by atoms with Crippen LogP contribution in [0.4, 0.5) is 0 Å². The Morgan fingerprint density at radius 2 is 2.05 bits per heavy atom. The molecule has 0 saturated carbocycles. The second-order valence-electron chi connectivity index (χ2n) is 4.96. The third-order valence-electron chi connectivity index (χ3n) is 3.10. The number of nitrogens with zero attached hydrogens (tertiary/aromatic N) is 5. The van der Waals surface area contributed by atoms with E-state index >= 15 is 0 Å². The molecule has 0 bridgehead atoms. The van der Waals surface area contributed by atoms with Crippen molar-refractivity contribution in [3.05, 3.63) is 41.2 Å². The van der Waals surface area contributed by atoms with Crippen molar-refractivity contribution >= 4 is 11.2 Å². The molecule has 3 aromatic heterocycles. The fraction of sp³-hybridized carbons (Fsp3) is 0.286. The van der Waals surface area contributed by atoms with Gasteiger partial charge in [0.25, 0.3) is 11.3 Å². The molecule has 0 aliphatic carbocycles. The molecule has 0 aliphatic rings. The highest BCUT2D eigenvalue weighted by molar-refractivity contribution is 5.71. The van der Waals surface area contributed by atoms with Crippen LogP contribution in [0.1, 0.15) is 0 Å². The first-order chi connectivity index (χ1) is 10.1. The SMILES string of the molecule is CN(C)CCn1cnc2oc(-c3ccncc3)nc2c1=O. The summed E-state index contributed by atoms with van der Waals surface area (Å²) in [6, 6.07) is 3.55. The third-order valence-corrected chi connectivity index (χ3v) is 3.10. The van der Waals surface area contributed by atoms with Crippen LogP contribution < -0.4 is 5.56 Å². The summed E-state index contributed by atoms with van der Waals surface area (Å²) < 4.78 is 7.08. The van der Waals surface area contributed by atoms with Crippen molar-refractivity contribution in [3.63, 3.8) is 0 Å². The molecular formula is C14H15N5O2. The lowest BCUT2D eigenvalue weighted by molar-refractivity contribution is 0.380. The summed E-state index contributed by atoms with van der Waals surface area (Å²) in [6.07, 6.45) is 4.79. The lowest BCUT2D eigenvalue weighted by atomic mass is 10.3. The summed E-state index contributed by atoms with van der Waals surface area (Å²) in [6.45, 7) is 1.31. The van der Waals surface area contributed by atoms with Gasteiger partial charge in [-0.25, -0.2) is 9.97 Å². The van der Waals surface area contributed by atoms with Crippen molar-refractivity contribution in [1.29, 1.82) is 0 Å². The second-order valence-corrected chi connectivity index (χ2v) is 4.96. The molecule has 7 heteroatoms. The molecule has 0 radical (unpaired) electrons. The normalized spacial score (nSPS) is 11.4. The fourth-order valence-corrected chi connectivity index (χ4v) is 1.93.